The summed E-state index contributed by atoms with van der Waals surface area (Å²) < 4.78 is 14.0. The Balaban J connectivity index is 1.60. The summed E-state index contributed by atoms with van der Waals surface area (Å²) in [4.78, 5) is 16.7. The average molecular weight is 344 g/mol. The lowest BCUT2D eigenvalue weighted by atomic mass is 9.94. The smallest absolute Gasteiger partial charge is 0.236 e. The number of thiazole rings is 1. The zero-order chi connectivity index (χ0) is 17.2. The number of aryl methyl sites for hydroxylation is 1. The maximum atomic E-state index is 14.0. The molecular weight excluding hydrogens is 327 g/mol. The fourth-order valence-electron chi connectivity index (χ4n) is 2.49. The van der Waals surface area contributed by atoms with Crippen LogP contribution in [-0.4, -0.2) is 16.7 Å². The Morgan fingerprint density at radius 3 is 2.79 bits per heavy atom. The van der Waals surface area contributed by atoms with Gasteiger partial charge < -0.3 is 10.6 Å². The van der Waals surface area contributed by atoms with E-state index in [1.807, 2.05) is 12.3 Å². The molecule has 0 radical (unpaired) electrons. The third-order valence-corrected chi connectivity index (χ3v) is 4.79. The van der Waals surface area contributed by atoms with Gasteiger partial charge in [-0.1, -0.05) is 18.2 Å². The number of nitrogens with one attached hydrogen (secondary N) is 3. The van der Waals surface area contributed by atoms with Gasteiger partial charge in [-0.25, -0.2) is 9.37 Å². The highest BCUT2D eigenvalue weighted by Crippen LogP contribution is 2.49. The Bertz CT molecular complexity index is 810. The first-order chi connectivity index (χ1) is 11.5. The van der Waals surface area contributed by atoms with Crippen LogP contribution in [0.2, 0.25) is 0 Å². The van der Waals surface area contributed by atoms with Gasteiger partial charge in [0.2, 0.25) is 5.91 Å². The molecule has 0 spiro atoms. The van der Waals surface area contributed by atoms with Gasteiger partial charge in [-0.3, -0.25) is 10.2 Å². The fourth-order valence-corrected chi connectivity index (χ4v) is 3.16. The Hall–Kier alpha value is -2.54. The molecule has 3 rings (SSSR count). The SMILES string of the molecule is Cc1csc(N/C=C\C(=N)NC(=O)C2(c3ccccc3F)CC2)n1. The van der Waals surface area contributed by atoms with Crippen LogP contribution in [0.15, 0.2) is 41.9 Å². The standard InChI is InChI=1S/C17H17FN4OS/c1-11-10-24-16(21-11)20-9-6-14(19)22-15(23)17(7-8-17)12-4-2-3-5-13(12)18/h2-6,9-10H,7-8H2,1H3,(H,20,21)(H2,19,22,23)/b9-6-. The minimum atomic E-state index is -0.842. The number of halogens is 1. The Morgan fingerprint density at radius 2 is 2.17 bits per heavy atom. The molecule has 1 fully saturated rings. The van der Waals surface area contributed by atoms with Crippen LogP contribution in [0, 0.1) is 18.2 Å². The largest absolute Gasteiger partial charge is 0.338 e. The number of amidine groups is 1. The molecule has 1 amide bonds. The van der Waals surface area contributed by atoms with Crippen LogP contribution < -0.4 is 10.6 Å². The van der Waals surface area contributed by atoms with Gasteiger partial charge >= 0.3 is 0 Å². The van der Waals surface area contributed by atoms with Crippen LogP contribution in [0.25, 0.3) is 0 Å². The second-order valence-electron chi connectivity index (χ2n) is 5.70. The molecule has 0 aliphatic heterocycles. The second kappa shape index (κ2) is 6.52. The molecule has 1 heterocycles. The third kappa shape index (κ3) is 3.35. The maximum absolute atomic E-state index is 14.0. The lowest BCUT2D eigenvalue weighted by Crippen LogP contribution is -2.38. The van der Waals surface area contributed by atoms with E-state index in [1.165, 1.54) is 23.5 Å². The van der Waals surface area contributed by atoms with Crippen molar-refractivity contribution in [1.82, 2.24) is 10.3 Å². The molecule has 0 saturated heterocycles. The fraction of sp³-hybridized carbons (Fsp3) is 0.235. The number of anilines is 1. The lowest BCUT2D eigenvalue weighted by molar-refractivity contribution is -0.122. The van der Waals surface area contributed by atoms with Crippen molar-refractivity contribution in [2.75, 3.05) is 5.32 Å². The number of carbonyl (C=O) groups excluding carboxylic acids is 1. The van der Waals surface area contributed by atoms with Gasteiger partial charge in [0, 0.05) is 17.1 Å². The summed E-state index contributed by atoms with van der Waals surface area (Å²) in [6.07, 6.45) is 4.16. The van der Waals surface area contributed by atoms with E-state index < -0.39 is 5.41 Å². The molecule has 24 heavy (non-hydrogen) atoms. The monoisotopic (exact) mass is 344 g/mol. The summed E-state index contributed by atoms with van der Waals surface area (Å²) in [5.74, 6) is -0.774. The van der Waals surface area contributed by atoms with Crippen molar-refractivity contribution in [3.63, 3.8) is 0 Å². The maximum Gasteiger partial charge on any atom is 0.236 e. The van der Waals surface area contributed by atoms with Crippen LogP contribution in [0.3, 0.4) is 0 Å². The summed E-state index contributed by atoms with van der Waals surface area (Å²) in [5, 5.41) is 15.9. The molecule has 0 atom stereocenters. The molecule has 7 heteroatoms. The van der Waals surface area contributed by atoms with E-state index in [9.17, 15) is 9.18 Å². The van der Waals surface area contributed by atoms with Crippen molar-refractivity contribution in [3.8, 4) is 0 Å². The predicted molar refractivity (Wildman–Crippen MR) is 92.8 cm³/mol. The topological polar surface area (TPSA) is 77.9 Å². The quantitative estimate of drug-likeness (QED) is 0.575. The number of aromatic nitrogens is 1. The number of hydrogen-bond acceptors (Lipinski definition) is 5. The summed E-state index contributed by atoms with van der Waals surface area (Å²) >= 11 is 1.46. The molecule has 1 saturated carbocycles. The molecule has 2 aromatic rings. The van der Waals surface area contributed by atoms with Crippen molar-refractivity contribution < 1.29 is 9.18 Å². The molecule has 1 aliphatic rings. The van der Waals surface area contributed by atoms with E-state index in [-0.39, 0.29) is 17.6 Å². The summed E-state index contributed by atoms with van der Waals surface area (Å²) in [7, 11) is 0. The lowest BCUT2D eigenvalue weighted by Gasteiger charge is -2.15. The molecular formula is C17H17FN4OS. The molecule has 1 aromatic heterocycles. The Labute approximate surface area is 143 Å². The van der Waals surface area contributed by atoms with Crippen molar-refractivity contribution >= 4 is 28.2 Å². The van der Waals surface area contributed by atoms with Gasteiger partial charge in [-0.2, -0.15) is 0 Å². The van der Waals surface area contributed by atoms with E-state index in [2.05, 4.69) is 15.6 Å². The van der Waals surface area contributed by atoms with Gasteiger partial charge in [0.1, 0.15) is 11.7 Å². The molecule has 3 N–H and O–H groups in total. The predicted octanol–water partition coefficient (Wildman–Crippen LogP) is 3.34. The van der Waals surface area contributed by atoms with E-state index in [0.29, 0.717) is 23.5 Å². The minimum Gasteiger partial charge on any atom is -0.338 e. The highest BCUT2D eigenvalue weighted by atomic mass is 32.1. The highest BCUT2D eigenvalue weighted by molar-refractivity contribution is 7.13. The van der Waals surface area contributed by atoms with Crippen LogP contribution in [-0.2, 0) is 10.2 Å². The number of amides is 1. The second-order valence-corrected chi connectivity index (χ2v) is 6.56. The molecule has 0 unspecified atom stereocenters. The van der Waals surface area contributed by atoms with Gasteiger partial charge in [-0.05, 0) is 31.9 Å². The number of nitrogens with zero attached hydrogens (tertiary/aromatic N) is 1. The Kier molecular flexibility index (Phi) is 4.44. The molecule has 124 valence electrons. The van der Waals surface area contributed by atoms with Crippen LogP contribution in [0.4, 0.5) is 9.52 Å². The summed E-state index contributed by atoms with van der Waals surface area (Å²) in [6, 6.07) is 6.31. The van der Waals surface area contributed by atoms with Gasteiger partial charge in [-0.15, -0.1) is 11.3 Å². The number of carbonyl (C=O) groups is 1. The van der Waals surface area contributed by atoms with Crippen molar-refractivity contribution in [1.29, 1.82) is 5.41 Å². The average Bonchev–Trinajstić information content (AvgIpc) is 3.25. The molecule has 5 nitrogen and oxygen atoms in total. The molecule has 0 bridgehead atoms. The van der Waals surface area contributed by atoms with Crippen molar-refractivity contribution in [2.45, 2.75) is 25.2 Å². The number of hydrogen-bond donors (Lipinski definition) is 3. The van der Waals surface area contributed by atoms with Crippen molar-refractivity contribution in [2.24, 2.45) is 0 Å². The number of benzene rings is 1. The first-order valence-corrected chi connectivity index (χ1v) is 8.39. The zero-order valence-electron chi connectivity index (χ0n) is 13.1. The first-order valence-electron chi connectivity index (χ1n) is 7.51. The van der Waals surface area contributed by atoms with E-state index in [1.54, 1.807) is 24.4 Å². The van der Waals surface area contributed by atoms with Crippen LogP contribution in [0.1, 0.15) is 24.1 Å². The van der Waals surface area contributed by atoms with Gasteiger partial charge in [0.15, 0.2) is 5.13 Å². The first kappa shape index (κ1) is 16.3. The van der Waals surface area contributed by atoms with Crippen LogP contribution in [0.5, 0.6) is 0 Å². The Morgan fingerprint density at radius 1 is 1.42 bits per heavy atom. The minimum absolute atomic E-state index is 0.0524. The highest BCUT2D eigenvalue weighted by Gasteiger charge is 2.52. The third-order valence-electron chi connectivity index (χ3n) is 3.90. The zero-order valence-corrected chi connectivity index (χ0v) is 13.9. The molecule has 1 aromatic carbocycles. The normalized spacial score (nSPS) is 15.2. The van der Waals surface area contributed by atoms with E-state index >= 15 is 0 Å². The summed E-state index contributed by atoms with van der Waals surface area (Å²) in [5.41, 5.74) is 0.473. The van der Waals surface area contributed by atoms with E-state index in [4.69, 9.17) is 5.41 Å². The van der Waals surface area contributed by atoms with E-state index in [0.717, 1.165) is 5.69 Å². The summed E-state index contributed by atoms with van der Waals surface area (Å²) in [6.45, 7) is 1.89. The molecule has 1 aliphatic carbocycles. The van der Waals surface area contributed by atoms with Crippen LogP contribution >= 0.6 is 11.3 Å². The van der Waals surface area contributed by atoms with Gasteiger partial charge in [0.25, 0.3) is 0 Å². The van der Waals surface area contributed by atoms with Crippen molar-refractivity contribution in [3.05, 3.63) is 59.0 Å². The van der Waals surface area contributed by atoms with Gasteiger partial charge in [0.05, 0.1) is 11.1 Å². The number of rotatable bonds is 5.